The second-order valence-electron chi connectivity index (χ2n) is 7.40. The Kier molecular flexibility index (Phi) is 9.10. The van der Waals surface area contributed by atoms with Gasteiger partial charge in [-0.2, -0.15) is 0 Å². The minimum atomic E-state index is -1.19. The Morgan fingerprint density at radius 2 is 1.77 bits per heavy atom. The number of nitrogens with one attached hydrogen (secondary N) is 1. The van der Waals surface area contributed by atoms with Crippen LogP contribution in [0.5, 0.6) is 0 Å². The van der Waals surface area contributed by atoms with Crippen LogP contribution in [-0.4, -0.2) is 50.8 Å². The van der Waals surface area contributed by atoms with Crippen molar-refractivity contribution in [2.75, 3.05) is 13.1 Å². The van der Waals surface area contributed by atoms with Crippen molar-refractivity contribution in [3.05, 3.63) is 70.3 Å². The first kappa shape index (κ1) is 23.7. The Labute approximate surface area is 180 Å². The van der Waals surface area contributed by atoms with Crippen molar-refractivity contribution in [3.8, 4) is 0 Å². The molecule has 0 fully saturated rings. The second kappa shape index (κ2) is 11.5. The third-order valence-corrected chi connectivity index (χ3v) is 5.35. The first-order valence-electron chi connectivity index (χ1n) is 9.63. The van der Waals surface area contributed by atoms with Crippen LogP contribution in [0.25, 0.3) is 0 Å². The van der Waals surface area contributed by atoms with Crippen molar-refractivity contribution in [3.63, 3.8) is 0 Å². The third kappa shape index (κ3) is 8.02. The fraction of sp³-hybridized carbons (Fsp3) is 0.381. The number of nitro groups is 1. The highest BCUT2D eigenvalue weighted by Crippen LogP contribution is 2.26. The van der Waals surface area contributed by atoms with Crippen LogP contribution in [0, 0.1) is 16.0 Å². The van der Waals surface area contributed by atoms with Gasteiger partial charge in [-0.05, 0) is 42.0 Å². The number of hydrogen-bond acceptors (Lipinski definition) is 6. The average Bonchev–Trinajstić information content (AvgIpc) is 2.67. The standard InChI is InChI=1S/C21H27N3O5S/c1-15(2)13-23(30-18-10-8-17(9-11-18)24(28)29)14-20(25)19(22-21(26)27)12-16-6-4-3-5-7-16/h3-11,15,19-20,22,25H,12-14H2,1-2H3,(H,26,27). The topological polar surface area (TPSA) is 116 Å². The van der Waals surface area contributed by atoms with Crippen LogP contribution >= 0.6 is 11.9 Å². The van der Waals surface area contributed by atoms with E-state index in [-0.39, 0.29) is 12.2 Å². The lowest BCUT2D eigenvalue weighted by atomic mass is 10.0. The van der Waals surface area contributed by atoms with Crippen LogP contribution < -0.4 is 5.32 Å². The van der Waals surface area contributed by atoms with Gasteiger partial charge in [-0.15, -0.1) is 0 Å². The number of nitro benzene ring substituents is 1. The fourth-order valence-electron chi connectivity index (χ4n) is 2.98. The molecule has 2 atom stereocenters. The molecular formula is C21H27N3O5S. The summed E-state index contributed by atoms with van der Waals surface area (Å²) in [7, 11) is 0. The predicted octanol–water partition coefficient (Wildman–Crippen LogP) is 3.80. The quantitative estimate of drug-likeness (QED) is 0.280. The van der Waals surface area contributed by atoms with E-state index >= 15 is 0 Å². The van der Waals surface area contributed by atoms with Crippen LogP contribution in [0.4, 0.5) is 10.5 Å². The fourth-order valence-corrected chi connectivity index (χ4v) is 4.14. The van der Waals surface area contributed by atoms with Crippen molar-refractivity contribution in [1.82, 2.24) is 9.62 Å². The molecule has 0 aliphatic carbocycles. The molecule has 0 aromatic heterocycles. The van der Waals surface area contributed by atoms with Gasteiger partial charge in [-0.25, -0.2) is 9.10 Å². The maximum atomic E-state index is 11.2. The largest absolute Gasteiger partial charge is 0.465 e. The number of aliphatic hydroxyl groups excluding tert-OH is 1. The molecule has 3 N–H and O–H groups in total. The van der Waals surface area contributed by atoms with E-state index in [0.717, 1.165) is 10.5 Å². The minimum Gasteiger partial charge on any atom is -0.465 e. The van der Waals surface area contributed by atoms with Gasteiger partial charge in [-0.3, -0.25) is 10.1 Å². The van der Waals surface area contributed by atoms with Gasteiger partial charge in [0.25, 0.3) is 5.69 Å². The zero-order valence-corrected chi connectivity index (χ0v) is 17.8. The summed E-state index contributed by atoms with van der Waals surface area (Å²) >= 11 is 1.38. The Morgan fingerprint density at radius 3 is 2.30 bits per heavy atom. The summed E-state index contributed by atoms with van der Waals surface area (Å²) in [6.07, 6.45) is -1.76. The van der Waals surface area contributed by atoms with E-state index in [0.29, 0.717) is 18.9 Å². The highest BCUT2D eigenvalue weighted by molar-refractivity contribution is 7.97. The van der Waals surface area contributed by atoms with Gasteiger partial charge in [0.2, 0.25) is 0 Å². The van der Waals surface area contributed by atoms with E-state index < -0.39 is 23.2 Å². The molecule has 2 unspecified atom stereocenters. The van der Waals surface area contributed by atoms with E-state index in [1.54, 1.807) is 12.1 Å². The first-order chi connectivity index (χ1) is 14.2. The monoisotopic (exact) mass is 433 g/mol. The number of non-ortho nitro benzene ring substituents is 1. The number of amides is 1. The molecule has 0 saturated heterocycles. The molecule has 9 heteroatoms. The summed E-state index contributed by atoms with van der Waals surface area (Å²) in [5, 5.41) is 33.3. The lowest BCUT2D eigenvalue weighted by Gasteiger charge is -2.29. The molecule has 8 nitrogen and oxygen atoms in total. The molecule has 2 aromatic carbocycles. The number of nitrogens with zero attached hydrogens (tertiary/aromatic N) is 2. The predicted molar refractivity (Wildman–Crippen MR) is 116 cm³/mol. The summed E-state index contributed by atoms with van der Waals surface area (Å²) in [6.45, 7) is 4.99. The summed E-state index contributed by atoms with van der Waals surface area (Å²) in [4.78, 5) is 22.4. The van der Waals surface area contributed by atoms with Crippen LogP contribution in [0.3, 0.4) is 0 Å². The van der Waals surface area contributed by atoms with Gasteiger partial charge < -0.3 is 15.5 Å². The van der Waals surface area contributed by atoms with E-state index in [2.05, 4.69) is 5.32 Å². The molecule has 30 heavy (non-hydrogen) atoms. The van der Waals surface area contributed by atoms with E-state index in [1.165, 1.54) is 24.1 Å². The van der Waals surface area contributed by atoms with Crippen molar-refractivity contribution >= 4 is 23.7 Å². The Bertz CT molecular complexity index is 817. The molecule has 0 aliphatic rings. The van der Waals surface area contributed by atoms with E-state index in [9.17, 15) is 25.1 Å². The molecule has 0 spiro atoms. The summed E-state index contributed by atoms with van der Waals surface area (Å²) in [5.41, 5.74) is 0.942. The Hall–Kier alpha value is -2.62. The molecule has 0 saturated carbocycles. The lowest BCUT2D eigenvalue weighted by molar-refractivity contribution is -0.384. The number of carbonyl (C=O) groups is 1. The van der Waals surface area contributed by atoms with Crippen LogP contribution in [0.1, 0.15) is 19.4 Å². The highest BCUT2D eigenvalue weighted by Gasteiger charge is 2.25. The summed E-state index contributed by atoms with van der Waals surface area (Å²) < 4.78 is 1.96. The van der Waals surface area contributed by atoms with Crippen LogP contribution in [0.15, 0.2) is 59.5 Å². The number of benzene rings is 2. The molecule has 0 heterocycles. The van der Waals surface area contributed by atoms with E-state index in [4.69, 9.17) is 0 Å². The second-order valence-corrected chi connectivity index (χ2v) is 8.57. The highest BCUT2D eigenvalue weighted by atomic mass is 32.2. The van der Waals surface area contributed by atoms with Crippen LogP contribution in [0.2, 0.25) is 0 Å². The first-order valence-corrected chi connectivity index (χ1v) is 10.4. The van der Waals surface area contributed by atoms with Gasteiger partial charge >= 0.3 is 6.09 Å². The van der Waals surface area contributed by atoms with Gasteiger partial charge in [0.05, 0.1) is 17.1 Å². The maximum Gasteiger partial charge on any atom is 0.404 e. The smallest absolute Gasteiger partial charge is 0.404 e. The van der Waals surface area contributed by atoms with Crippen LogP contribution in [-0.2, 0) is 6.42 Å². The Morgan fingerprint density at radius 1 is 1.13 bits per heavy atom. The number of rotatable bonds is 11. The number of aliphatic hydroxyl groups is 1. The molecular weight excluding hydrogens is 406 g/mol. The Balaban J connectivity index is 2.10. The van der Waals surface area contributed by atoms with Crippen molar-refractivity contribution in [2.45, 2.75) is 37.3 Å². The van der Waals surface area contributed by atoms with Gasteiger partial charge in [0.15, 0.2) is 0 Å². The molecule has 0 bridgehead atoms. The third-order valence-electron chi connectivity index (χ3n) is 4.31. The normalized spacial score (nSPS) is 13.2. The van der Waals surface area contributed by atoms with Gasteiger partial charge in [0.1, 0.15) is 0 Å². The average molecular weight is 434 g/mol. The molecule has 2 rings (SSSR count). The maximum absolute atomic E-state index is 11.2. The lowest BCUT2D eigenvalue weighted by Crippen LogP contribution is -2.48. The van der Waals surface area contributed by atoms with E-state index in [1.807, 2.05) is 48.5 Å². The van der Waals surface area contributed by atoms with Gasteiger partial charge in [0, 0.05) is 30.1 Å². The molecule has 0 aliphatic heterocycles. The summed E-state index contributed by atoms with van der Waals surface area (Å²) in [5.74, 6) is 0.308. The zero-order valence-electron chi connectivity index (χ0n) is 17.0. The zero-order chi connectivity index (χ0) is 22.1. The van der Waals surface area contributed by atoms with Gasteiger partial charge in [-0.1, -0.05) is 44.2 Å². The minimum absolute atomic E-state index is 0.0170. The number of carboxylic acid groups (broad SMARTS) is 1. The molecule has 162 valence electrons. The molecule has 2 aromatic rings. The van der Waals surface area contributed by atoms with Crippen molar-refractivity contribution in [1.29, 1.82) is 0 Å². The molecule has 0 radical (unpaired) electrons. The van der Waals surface area contributed by atoms with Crippen molar-refractivity contribution in [2.24, 2.45) is 5.92 Å². The number of hydrogen-bond donors (Lipinski definition) is 3. The summed E-state index contributed by atoms with van der Waals surface area (Å²) in [6, 6.07) is 14.9. The SMILES string of the molecule is CC(C)CN(CC(O)C(Cc1ccccc1)NC(=O)O)Sc1ccc([N+](=O)[O-])cc1. The molecule has 1 amide bonds. The van der Waals surface area contributed by atoms with Crippen molar-refractivity contribution < 1.29 is 19.9 Å².